The Bertz CT molecular complexity index is 377. The van der Waals surface area contributed by atoms with E-state index in [0.29, 0.717) is 17.8 Å². The summed E-state index contributed by atoms with van der Waals surface area (Å²) in [6, 6.07) is 2.72. The Morgan fingerprint density at radius 2 is 2.29 bits per heavy atom. The van der Waals surface area contributed by atoms with Gasteiger partial charge < -0.3 is 10.2 Å². The lowest BCUT2D eigenvalue weighted by molar-refractivity contribution is 0.188. The van der Waals surface area contributed by atoms with Crippen LogP contribution in [0.25, 0.3) is 0 Å². The zero-order valence-corrected chi connectivity index (χ0v) is 11.7. The van der Waals surface area contributed by atoms with Crippen molar-refractivity contribution >= 4 is 11.8 Å². The van der Waals surface area contributed by atoms with E-state index in [9.17, 15) is 0 Å². The average Bonchev–Trinajstić information content (AvgIpc) is 2.65. The van der Waals surface area contributed by atoms with Gasteiger partial charge in [0.05, 0.1) is 6.54 Å². The Labute approximate surface area is 108 Å². The van der Waals surface area contributed by atoms with Crippen LogP contribution >= 0.6 is 11.8 Å². The topological polar surface area (TPSA) is 42.4 Å². The van der Waals surface area contributed by atoms with Crippen LogP contribution in [0.5, 0.6) is 0 Å². The molecule has 1 aliphatic heterocycles. The number of thioether (sulfide) groups is 1. The molecule has 0 saturated carbocycles. The molecule has 0 aliphatic carbocycles. The van der Waals surface area contributed by atoms with Crippen LogP contribution in [-0.2, 0) is 13.1 Å². The molecule has 2 atom stereocenters. The lowest BCUT2D eigenvalue weighted by Gasteiger charge is -2.36. The maximum absolute atomic E-state index is 5.76. The highest BCUT2D eigenvalue weighted by molar-refractivity contribution is 8.00. The van der Waals surface area contributed by atoms with Crippen molar-refractivity contribution in [2.24, 2.45) is 5.73 Å². The Hall–Kier alpha value is -0.450. The molecule has 1 fully saturated rings. The molecule has 1 aromatic rings. The number of hydrogen-bond donors (Lipinski definition) is 1. The van der Waals surface area contributed by atoms with Gasteiger partial charge in [-0.15, -0.1) is 0 Å². The second-order valence-corrected chi connectivity index (χ2v) is 6.27. The third kappa shape index (κ3) is 2.87. The molecule has 2 rings (SSSR count). The van der Waals surface area contributed by atoms with Gasteiger partial charge in [0.15, 0.2) is 0 Å². The van der Waals surface area contributed by atoms with Gasteiger partial charge in [-0.2, -0.15) is 11.8 Å². The molecule has 0 radical (unpaired) electrons. The lowest BCUT2D eigenvalue weighted by atomic mass is 10.2. The van der Waals surface area contributed by atoms with Gasteiger partial charge in [0, 0.05) is 35.7 Å². The first kappa shape index (κ1) is 13.0. The molecule has 96 valence electrons. The fourth-order valence-corrected chi connectivity index (χ4v) is 3.45. The first-order chi connectivity index (χ1) is 8.11. The predicted octanol–water partition coefficient (Wildman–Crippen LogP) is 2.37. The third-order valence-electron chi connectivity index (χ3n) is 3.67. The number of nitrogens with two attached hydrogens (primary N) is 1. The normalized spacial score (nSPS) is 26.4. The molecule has 0 amide bonds. The Morgan fingerprint density at radius 1 is 1.53 bits per heavy atom. The van der Waals surface area contributed by atoms with Crippen LogP contribution in [0.2, 0.25) is 0 Å². The molecule has 17 heavy (non-hydrogen) atoms. The van der Waals surface area contributed by atoms with Crippen LogP contribution in [0.4, 0.5) is 0 Å². The first-order valence-electron chi connectivity index (χ1n) is 6.25. The first-order valence-corrected chi connectivity index (χ1v) is 7.30. The van der Waals surface area contributed by atoms with Crippen molar-refractivity contribution in [3.63, 3.8) is 0 Å². The highest BCUT2D eigenvalue weighted by Gasteiger charge is 2.25. The van der Waals surface area contributed by atoms with Gasteiger partial charge >= 0.3 is 0 Å². The summed E-state index contributed by atoms with van der Waals surface area (Å²) in [6.45, 7) is 9.22. The molecule has 0 bridgehead atoms. The van der Waals surface area contributed by atoms with E-state index in [1.165, 1.54) is 5.75 Å². The summed E-state index contributed by atoms with van der Waals surface area (Å²) in [7, 11) is 0. The zero-order chi connectivity index (χ0) is 12.4. The minimum Gasteiger partial charge on any atom is -0.465 e. The number of rotatable bonds is 3. The van der Waals surface area contributed by atoms with Crippen molar-refractivity contribution in [1.82, 2.24) is 4.90 Å². The van der Waals surface area contributed by atoms with Crippen LogP contribution in [0.1, 0.15) is 30.9 Å². The summed E-state index contributed by atoms with van der Waals surface area (Å²) in [5.41, 5.74) is 6.80. The molecule has 4 heteroatoms. The quantitative estimate of drug-likeness (QED) is 0.899. The van der Waals surface area contributed by atoms with E-state index in [1.54, 1.807) is 0 Å². The molecule has 0 spiro atoms. The number of aryl methyl sites for hydroxylation is 1. The highest BCUT2D eigenvalue weighted by atomic mass is 32.2. The standard InChI is InChI=1S/C13H22N2OS/c1-9-11(3)17-5-4-15(9)8-13-6-12(7-14)10(2)16-13/h6,9,11H,4-5,7-8,14H2,1-3H3. The van der Waals surface area contributed by atoms with E-state index in [0.717, 1.165) is 30.2 Å². The summed E-state index contributed by atoms with van der Waals surface area (Å²) in [6.07, 6.45) is 0. The molecule has 1 saturated heterocycles. The molecule has 2 N–H and O–H groups in total. The minimum absolute atomic E-state index is 0.567. The fourth-order valence-electron chi connectivity index (χ4n) is 2.29. The monoisotopic (exact) mass is 254 g/mol. The molecule has 2 unspecified atom stereocenters. The van der Waals surface area contributed by atoms with E-state index in [-0.39, 0.29) is 0 Å². The van der Waals surface area contributed by atoms with Crippen molar-refractivity contribution in [2.45, 2.75) is 45.2 Å². The summed E-state index contributed by atoms with van der Waals surface area (Å²) >= 11 is 2.06. The Morgan fingerprint density at radius 3 is 2.94 bits per heavy atom. The third-order valence-corrected chi connectivity index (χ3v) is 5.00. The van der Waals surface area contributed by atoms with E-state index in [4.69, 9.17) is 10.2 Å². The molecule has 1 aromatic heterocycles. The van der Waals surface area contributed by atoms with Crippen molar-refractivity contribution in [1.29, 1.82) is 0 Å². The average molecular weight is 254 g/mol. The van der Waals surface area contributed by atoms with Crippen molar-refractivity contribution in [2.75, 3.05) is 12.3 Å². The largest absolute Gasteiger partial charge is 0.465 e. The second kappa shape index (κ2) is 5.46. The van der Waals surface area contributed by atoms with Gasteiger partial charge in [-0.3, -0.25) is 4.90 Å². The van der Waals surface area contributed by atoms with Crippen molar-refractivity contribution in [3.8, 4) is 0 Å². The van der Waals surface area contributed by atoms with Gasteiger partial charge in [-0.25, -0.2) is 0 Å². The highest BCUT2D eigenvalue weighted by Crippen LogP contribution is 2.26. The predicted molar refractivity (Wildman–Crippen MR) is 73.1 cm³/mol. The van der Waals surface area contributed by atoms with Crippen molar-refractivity contribution < 1.29 is 4.42 Å². The number of nitrogens with zero attached hydrogens (tertiary/aromatic N) is 1. The summed E-state index contributed by atoms with van der Waals surface area (Å²) in [5.74, 6) is 3.23. The SMILES string of the molecule is Cc1oc(CN2CCSC(C)C2C)cc1CN. The molecule has 0 aromatic carbocycles. The maximum Gasteiger partial charge on any atom is 0.118 e. The van der Waals surface area contributed by atoms with E-state index < -0.39 is 0 Å². The van der Waals surface area contributed by atoms with E-state index in [1.807, 2.05) is 6.92 Å². The van der Waals surface area contributed by atoms with Gasteiger partial charge in [-0.05, 0) is 19.9 Å². The van der Waals surface area contributed by atoms with Crippen LogP contribution in [0, 0.1) is 6.92 Å². The Kier molecular flexibility index (Phi) is 4.17. The van der Waals surface area contributed by atoms with Crippen LogP contribution in [0.3, 0.4) is 0 Å². The van der Waals surface area contributed by atoms with E-state index >= 15 is 0 Å². The maximum atomic E-state index is 5.76. The number of furan rings is 1. The fraction of sp³-hybridized carbons (Fsp3) is 0.692. The van der Waals surface area contributed by atoms with Gasteiger partial charge in [0.1, 0.15) is 11.5 Å². The summed E-state index contributed by atoms with van der Waals surface area (Å²) in [4.78, 5) is 2.50. The van der Waals surface area contributed by atoms with Gasteiger partial charge in [0.25, 0.3) is 0 Å². The molecule has 3 nitrogen and oxygen atoms in total. The molecule has 1 aliphatic rings. The lowest BCUT2D eigenvalue weighted by Crippen LogP contribution is -2.43. The smallest absolute Gasteiger partial charge is 0.118 e. The minimum atomic E-state index is 0.567. The molecular formula is C13H22N2OS. The van der Waals surface area contributed by atoms with E-state index in [2.05, 4.69) is 36.6 Å². The van der Waals surface area contributed by atoms with Crippen LogP contribution < -0.4 is 5.73 Å². The second-order valence-electron chi connectivity index (χ2n) is 4.79. The van der Waals surface area contributed by atoms with Crippen molar-refractivity contribution in [3.05, 3.63) is 23.2 Å². The molecular weight excluding hydrogens is 232 g/mol. The van der Waals surface area contributed by atoms with Gasteiger partial charge in [-0.1, -0.05) is 6.92 Å². The van der Waals surface area contributed by atoms with Gasteiger partial charge in [0.2, 0.25) is 0 Å². The summed E-state index contributed by atoms with van der Waals surface area (Å²) in [5, 5.41) is 0.703. The zero-order valence-electron chi connectivity index (χ0n) is 10.9. The van der Waals surface area contributed by atoms with Crippen LogP contribution in [-0.4, -0.2) is 28.5 Å². The molecule has 2 heterocycles. The number of hydrogen-bond acceptors (Lipinski definition) is 4. The summed E-state index contributed by atoms with van der Waals surface area (Å²) < 4.78 is 5.76. The van der Waals surface area contributed by atoms with Crippen LogP contribution in [0.15, 0.2) is 10.5 Å². The Balaban J connectivity index is 2.04.